The fraction of sp³-hybridized carbons (Fsp3) is 0.474. The minimum atomic E-state index is -0.152. The Morgan fingerprint density at radius 3 is 2.88 bits per heavy atom. The third-order valence-electron chi connectivity index (χ3n) is 5.09. The van der Waals surface area contributed by atoms with E-state index in [1.165, 1.54) is 0 Å². The van der Waals surface area contributed by atoms with E-state index in [-0.39, 0.29) is 18.1 Å². The molecular formula is C19H23ClN4O2. The van der Waals surface area contributed by atoms with Crippen LogP contribution < -0.4 is 10.6 Å². The second kappa shape index (κ2) is 7.78. The standard InChI is InChI=1S/C19H23ClN4O2/c20-14-5-3-13(4-6-14)18-16(8-11-26-18)22-19(25)17-7-10-24(23-17)15-2-1-9-21-12-15/h3-7,10,15-16,18,21H,1-2,8-9,11-12H2,(H,22,25). The van der Waals surface area contributed by atoms with Crippen LogP contribution in [0.25, 0.3) is 0 Å². The average molecular weight is 375 g/mol. The fourth-order valence-corrected chi connectivity index (χ4v) is 3.81. The zero-order chi connectivity index (χ0) is 17.9. The summed E-state index contributed by atoms with van der Waals surface area (Å²) in [6.07, 6.45) is 4.75. The molecule has 3 unspecified atom stereocenters. The Morgan fingerprint density at radius 2 is 2.12 bits per heavy atom. The van der Waals surface area contributed by atoms with E-state index in [1.54, 1.807) is 6.07 Å². The molecule has 3 atom stereocenters. The number of hydrogen-bond acceptors (Lipinski definition) is 4. The van der Waals surface area contributed by atoms with Crippen LogP contribution in [0.4, 0.5) is 0 Å². The number of halogens is 1. The number of amides is 1. The minimum absolute atomic E-state index is 0.0647. The van der Waals surface area contributed by atoms with Crippen LogP contribution in [0, 0.1) is 0 Å². The van der Waals surface area contributed by atoms with Gasteiger partial charge in [0.1, 0.15) is 11.8 Å². The highest BCUT2D eigenvalue weighted by molar-refractivity contribution is 6.30. The summed E-state index contributed by atoms with van der Waals surface area (Å²) in [4.78, 5) is 12.6. The van der Waals surface area contributed by atoms with Crippen molar-refractivity contribution in [3.8, 4) is 0 Å². The summed E-state index contributed by atoms with van der Waals surface area (Å²) in [7, 11) is 0. The van der Waals surface area contributed by atoms with Crippen LogP contribution in [-0.2, 0) is 4.74 Å². The molecule has 7 heteroatoms. The highest BCUT2D eigenvalue weighted by atomic mass is 35.5. The fourth-order valence-electron chi connectivity index (χ4n) is 3.68. The predicted molar refractivity (Wildman–Crippen MR) is 99.4 cm³/mol. The van der Waals surface area contributed by atoms with Gasteiger partial charge in [-0.25, -0.2) is 0 Å². The minimum Gasteiger partial charge on any atom is -0.371 e. The lowest BCUT2D eigenvalue weighted by Gasteiger charge is -2.23. The van der Waals surface area contributed by atoms with E-state index in [0.29, 0.717) is 23.4 Å². The maximum atomic E-state index is 12.6. The van der Waals surface area contributed by atoms with Crippen LogP contribution >= 0.6 is 11.6 Å². The number of rotatable bonds is 4. The van der Waals surface area contributed by atoms with Crippen molar-refractivity contribution in [1.82, 2.24) is 20.4 Å². The summed E-state index contributed by atoms with van der Waals surface area (Å²) in [5.74, 6) is -0.151. The van der Waals surface area contributed by atoms with Crippen molar-refractivity contribution >= 4 is 17.5 Å². The molecule has 0 radical (unpaired) electrons. The van der Waals surface area contributed by atoms with E-state index in [1.807, 2.05) is 35.1 Å². The second-order valence-electron chi connectivity index (χ2n) is 6.89. The van der Waals surface area contributed by atoms with Crippen molar-refractivity contribution in [2.24, 2.45) is 0 Å². The Bertz CT molecular complexity index is 755. The third-order valence-corrected chi connectivity index (χ3v) is 5.34. The predicted octanol–water partition coefficient (Wildman–Crippen LogP) is 2.72. The summed E-state index contributed by atoms with van der Waals surface area (Å²) in [6.45, 7) is 2.58. The summed E-state index contributed by atoms with van der Waals surface area (Å²) in [6, 6.07) is 9.63. The maximum absolute atomic E-state index is 12.6. The molecule has 138 valence electrons. The van der Waals surface area contributed by atoms with Crippen LogP contribution in [0.2, 0.25) is 5.02 Å². The summed E-state index contributed by atoms with van der Waals surface area (Å²) in [5, 5.41) is 11.6. The largest absolute Gasteiger partial charge is 0.371 e. The molecule has 2 aromatic rings. The molecule has 2 aliphatic heterocycles. The lowest BCUT2D eigenvalue weighted by Crippen LogP contribution is -2.37. The molecule has 4 rings (SSSR count). The van der Waals surface area contributed by atoms with Gasteiger partial charge in [0.25, 0.3) is 5.91 Å². The molecule has 0 saturated carbocycles. The zero-order valence-corrected chi connectivity index (χ0v) is 15.3. The molecule has 2 fully saturated rings. The first kappa shape index (κ1) is 17.5. The van der Waals surface area contributed by atoms with E-state index < -0.39 is 0 Å². The van der Waals surface area contributed by atoms with Gasteiger partial charge in [0, 0.05) is 24.4 Å². The molecular weight excluding hydrogens is 352 g/mol. The van der Waals surface area contributed by atoms with Gasteiger partial charge in [-0.1, -0.05) is 23.7 Å². The van der Waals surface area contributed by atoms with Crippen LogP contribution in [0.1, 0.15) is 47.5 Å². The number of nitrogens with zero attached hydrogens (tertiary/aromatic N) is 2. The van der Waals surface area contributed by atoms with E-state index in [9.17, 15) is 4.79 Å². The van der Waals surface area contributed by atoms with Crippen LogP contribution in [0.5, 0.6) is 0 Å². The normalized spacial score (nSPS) is 26.0. The van der Waals surface area contributed by atoms with Crippen LogP contribution in [-0.4, -0.2) is 41.4 Å². The molecule has 2 saturated heterocycles. The Kier molecular flexibility index (Phi) is 5.24. The number of nitrogens with one attached hydrogen (secondary N) is 2. The highest BCUT2D eigenvalue weighted by Crippen LogP contribution is 2.30. The van der Waals surface area contributed by atoms with Crippen LogP contribution in [0.3, 0.4) is 0 Å². The van der Waals surface area contributed by atoms with E-state index in [2.05, 4.69) is 15.7 Å². The molecule has 3 heterocycles. The van der Waals surface area contributed by atoms with Crippen molar-refractivity contribution in [3.63, 3.8) is 0 Å². The molecule has 1 aromatic carbocycles. The third kappa shape index (κ3) is 3.77. The number of carbonyl (C=O) groups is 1. The summed E-state index contributed by atoms with van der Waals surface area (Å²) >= 11 is 5.96. The molecule has 1 amide bonds. The Labute approximate surface area is 157 Å². The van der Waals surface area contributed by atoms with Crippen molar-refractivity contribution in [3.05, 3.63) is 52.8 Å². The first-order chi connectivity index (χ1) is 12.7. The number of hydrogen-bond donors (Lipinski definition) is 2. The van der Waals surface area contributed by atoms with Gasteiger partial charge in [-0.05, 0) is 49.6 Å². The maximum Gasteiger partial charge on any atom is 0.272 e. The smallest absolute Gasteiger partial charge is 0.272 e. The first-order valence-electron chi connectivity index (χ1n) is 9.14. The molecule has 2 N–H and O–H groups in total. The molecule has 26 heavy (non-hydrogen) atoms. The average Bonchev–Trinajstić information content (AvgIpc) is 3.33. The van der Waals surface area contributed by atoms with Gasteiger partial charge in [0.05, 0.1) is 12.1 Å². The van der Waals surface area contributed by atoms with Crippen molar-refractivity contribution < 1.29 is 9.53 Å². The van der Waals surface area contributed by atoms with Crippen molar-refractivity contribution in [2.75, 3.05) is 19.7 Å². The van der Waals surface area contributed by atoms with Gasteiger partial charge in [0.15, 0.2) is 0 Å². The Morgan fingerprint density at radius 1 is 1.27 bits per heavy atom. The number of benzene rings is 1. The second-order valence-corrected chi connectivity index (χ2v) is 7.33. The Hall–Kier alpha value is -1.89. The molecule has 2 aliphatic rings. The zero-order valence-electron chi connectivity index (χ0n) is 14.5. The van der Waals surface area contributed by atoms with Gasteiger partial charge in [0.2, 0.25) is 0 Å². The van der Waals surface area contributed by atoms with Crippen molar-refractivity contribution in [1.29, 1.82) is 0 Å². The van der Waals surface area contributed by atoms with Gasteiger partial charge in [-0.2, -0.15) is 5.10 Å². The van der Waals surface area contributed by atoms with Crippen LogP contribution in [0.15, 0.2) is 36.5 Å². The van der Waals surface area contributed by atoms with E-state index in [4.69, 9.17) is 16.3 Å². The monoisotopic (exact) mass is 374 g/mol. The quantitative estimate of drug-likeness (QED) is 0.863. The first-order valence-corrected chi connectivity index (χ1v) is 9.52. The molecule has 0 aliphatic carbocycles. The number of carbonyl (C=O) groups excluding carboxylic acids is 1. The van der Waals surface area contributed by atoms with Gasteiger partial charge < -0.3 is 15.4 Å². The number of aromatic nitrogens is 2. The lowest BCUT2D eigenvalue weighted by molar-refractivity contribution is 0.0817. The molecule has 0 bridgehead atoms. The van der Waals surface area contributed by atoms with Gasteiger partial charge in [-0.15, -0.1) is 0 Å². The summed E-state index contributed by atoms with van der Waals surface area (Å²) < 4.78 is 7.74. The number of ether oxygens (including phenoxy) is 1. The SMILES string of the molecule is O=C(NC1CCOC1c1ccc(Cl)cc1)c1ccn(C2CCCNC2)n1. The topological polar surface area (TPSA) is 68.2 Å². The lowest BCUT2D eigenvalue weighted by atomic mass is 10.0. The van der Waals surface area contributed by atoms with Crippen molar-refractivity contribution in [2.45, 2.75) is 37.5 Å². The van der Waals surface area contributed by atoms with E-state index in [0.717, 1.165) is 37.9 Å². The number of piperidine rings is 1. The molecule has 0 spiro atoms. The van der Waals surface area contributed by atoms with Gasteiger partial charge >= 0.3 is 0 Å². The highest BCUT2D eigenvalue weighted by Gasteiger charge is 2.31. The van der Waals surface area contributed by atoms with Gasteiger partial charge in [-0.3, -0.25) is 9.48 Å². The Balaban J connectivity index is 1.42. The molecule has 1 aromatic heterocycles. The molecule has 6 nitrogen and oxygen atoms in total. The van der Waals surface area contributed by atoms with E-state index >= 15 is 0 Å². The summed E-state index contributed by atoms with van der Waals surface area (Å²) in [5.41, 5.74) is 1.48.